The summed E-state index contributed by atoms with van der Waals surface area (Å²) in [5.41, 5.74) is 0. The van der Waals surface area contributed by atoms with Crippen LogP contribution in [0.4, 0.5) is 0 Å². The zero-order valence-corrected chi connectivity index (χ0v) is 10.2. The van der Waals surface area contributed by atoms with Crippen molar-refractivity contribution in [1.82, 2.24) is 10.2 Å². The van der Waals surface area contributed by atoms with E-state index in [0.717, 1.165) is 19.7 Å². The van der Waals surface area contributed by atoms with Crippen molar-refractivity contribution in [2.45, 2.75) is 32.8 Å². The molecule has 0 aliphatic heterocycles. The van der Waals surface area contributed by atoms with E-state index in [2.05, 4.69) is 38.2 Å². The Morgan fingerprint density at radius 3 is 2.43 bits per heavy atom. The van der Waals surface area contributed by atoms with Crippen LogP contribution in [0.5, 0.6) is 0 Å². The second kappa shape index (κ2) is 9.44. The summed E-state index contributed by atoms with van der Waals surface area (Å²) in [6.45, 7) is 8.22. The van der Waals surface area contributed by atoms with Gasteiger partial charge in [0.15, 0.2) is 0 Å². The van der Waals surface area contributed by atoms with Crippen molar-refractivity contribution in [2.24, 2.45) is 0 Å². The minimum atomic E-state index is 0.352. The van der Waals surface area contributed by atoms with E-state index in [-0.39, 0.29) is 0 Å². The molecule has 0 saturated heterocycles. The Labute approximate surface area is 88.8 Å². The van der Waals surface area contributed by atoms with Gasteiger partial charge >= 0.3 is 0 Å². The van der Waals surface area contributed by atoms with E-state index < -0.39 is 0 Å². The van der Waals surface area contributed by atoms with Crippen molar-refractivity contribution < 1.29 is 4.74 Å². The Morgan fingerprint density at radius 2 is 1.86 bits per heavy atom. The molecule has 0 heterocycles. The topological polar surface area (TPSA) is 24.5 Å². The summed E-state index contributed by atoms with van der Waals surface area (Å²) < 4.78 is 5.42. The lowest BCUT2D eigenvalue weighted by molar-refractivity contribution is 0.0808. The fourth-order valence-electron chi connectivity index (χ4n) is 1.17. The van der Waals surface area contributed by atoms with Gasteiger partial charge in [-0.1, -0.05) is 0 Å². The Balaban J connectivity index is 2.92. The lowest BCUT2D eigenvalue weighted by Crippen LogP contribution is -2.23. The molecule has 0 amide bonds. The van der Waals surface area contributed by atoms with Crippen molar-refractivity contribution in [2.75, 3.05) is 40.3 Å². The number of rotatable bonds is 9. The highest BCUT2D eigenvalue weighted by molar-refractivity contribution is 4.50. The monoisotopic (exact) mass is 202 g/mol. The Bertz CT molecular complexity index is 102. The quantitative estimate of drug-likeness (QED) is 0.571. The summed E-state index contributed by atoms with van der Waals surface area (Å²) in [5.74, 6) is 0. The van der Waals surface area contributed by atoms with Gasteiger partial charge in [0, 0.05) is 6.54 Å². The molecule has 1 N–H and O–H groups in total. The highest BCUT2D eigenvalue weighted by Gasteiger charge is 1.93. The Hall–Kier alpha value is -0.120. The number of nitrogens with zero attached hydrogens (tertiary/aromatic N) is 1. The van der Waals surface area contributed by atoms with Gasteiger partial charge in [-0.25, -0.2) is 0 Å². The molecular weight excluding hydrogens is 176 g/mol. The third-order valence-electron chi connectivity index (χ3n) is 1.94. The van der Waals surface area contributed by atoms with E-state index in [0.29, 0.717) is 6.10 Å². The molecule has 3 heteroatoms. The molecule has 0 radical (unpaired) electrons. The van der Waals surface area contributed by atoms with Crippen molar-refractivity contribution >= 4 is 0 Å². The van der Waals surface area contributed by atoms with Crippen LogP contribution in [0.1, 0.15) is 26.7 Å². The van der Waals surface area contributed by atoms with Crippen LogP contribution in [0.2, 0.25) is 0 Å². The maximum atomic E-state index is 5.42. The molecular formula is C11H26N2O. The first-order chi connectivity index (χ1) is 6.63. The molecule has 0 saturated carbocycles. The highest BCUT2D eigenvalue weighted by Crippen LogP contribution is 1.89. The third kappa shape index (κ3) is 11.9. The van der Waals surface area contributed by atoms with Crippen LogP contribution in [0.3, 0.4) is 0 Å². The minimum absolute atomic E-state index is 0.352. The molecule has 0 aromatic rings. The zero-order chi connectivity index (χ0) is 10.8. The number of ether oxygens (including phenoxy) is 1. The van der Waals surface area contributed by atoms with Gasteiger partial charge in [0.05, 0.1) is 12.7 Å². The number of nitrogens with one attached hydrogen (secondary N) is 1. The molecule has 0 fully saturated rings. The van der Waals surface area contributed by atoms with Crippen molar-refractivity contribution in [1.29, 1.82) is 0 Å². The summed E-state index contributed by atoms with van der Waals surface area (Å²) in [5, 5.41) is 3.37. The van der Waals surface area contributed by atoms with Crippen molar-refractivity contribution in [3.05, 3.63) is 0 Å². The van der Waals surface area contributed by atoms with Gasteiger partial charge in [0.25, 0.3) is 0 Å². The first-order valence-electron chi connectivity index (χ1n) is 5.60. The summed E-state index contributed by atoms with van der Waals surface area (Å²) in [7, 11) is 4.23. The van der Waals surface area contributed by atoms with E-state index in [1.165, 1.54) is 19.4 Å². The van der Waals surface area contributed by atoms with Gasteiger partial charge < -0.3 is 15.0 Å². The Kier molecular flexibility index (Phi) is 9.35. The second-order valence-corrected chi connectivity index (χ2v) is 4.18. The smallest absolute Gasteiger partial charge is 0.0594 e. The summed E-state index contributed by atoms with van der Waals surface area (Å²) in [6, 6.07) is 0. The fourth-order valence-corrected chi connectivity index (χ4v) is 1.17. The van der Waals surface area contributed by atoms with Gasteiger partial charge in [0.1, 0.15) is 0 Å². The standard InChI is InChI=1S/C11H26N2O/c1-11(2)14-10-8-12-7-5-6-9-13(3)4/h11-12H,5-10H2,1-4H3. The summed E-state index contributed by atoms with van der Waals surface area (Å²) >= 11 is 0. The molecule has 3 nitrogen and oxygen atoms in total. The van der Waals surface area contributed by atoms with Gasteiger partial charge in [-0.3, -0.25) is 0 Å². The Morgan fingerprint density at radius 1 is 1.14 bits per heavy atom. The van der Waals surface area contributed by atoms with E-state index in [1.807, 2.05) is 0 Å². The molecule has 14 heavy (non-hydrogen) atoms. The van der Waals surface area contributed by atoms with Crippen LogP contribution < -0.4 is 5.32 Å². The first kappa shape index (κ1) is 13.9. The van der Waals surface area contributed by atoms with E-state index in [4.69, 9.17) is 4.74 Å². The lowest BCUT2D eigenvalue weighted by atomic mass is 10.3. The maximum Gasteiger partial charge on any atom is 0.0594 e. The van der Waals surface area contributed by atoms with Crippen LogP contribution in [0.25, 0.3) is 0 Å². The van der Waals surface area contributed by atoms with Gasteiger partial charge in [-0.15, -0.1) is 0 Å². The average molecular weight is 202 g/mol. The highest BCUT2D eigenvalue weighted by atomic mass is 16.5. The molecule has 0 aliphatic carbocycles. The van der Waals surface area contributed by atoms with Crippen molar-refractivity contribution in [3.8, 4) is 0 Å². The molecule has 0 aromatic carbocycles. The average Bonchev–Trinajstić information content (AvgIpc) is 2.08. The van der Waals surface area contributed by atoms with Gasteiger partial charge in [-0.05, 0) is 53.9 Å². The zero-order valence-electron chi connectivity index (χ0n) is 10.2. The van der Waals surface area contributed by atoms with E-state index >= 15 is 0 Å². The fraction of sp³-hybridized carbons (Fsp3) is 1.00. The van der Waals surface area contributed by atoms with Crippen LogP contribution in [-0.4, -0.2) is 51.3 Å². The third-order valence-corrected chi connectivity index (χ3v) is 1.94. The van der Waals surface area contributed by atoms with Crippen molar-refractivity contribution in [3.63, 3.8) is 0 Å². The maximum absolute atomic E-state index is 5.42. The molecule has 0 spiro atoms. The molecule has 0 rings (SSSR count). The van der Waals surface area contributed by atoms with Crippen LogP contribution in [-0.2, 0) is 4.74 Å². The molecule has 0 bridgehead atoms. The van der Waals surface area contributed by atoms with E-state index in [9.17, 15) is 0 Å². The van der Waals surface area contributed by atoms with Gasteiger partial charge in [-0.2, -0.15) is 0 Å². The van der Waals surface area contributed by atoms with Crippen LogP contribution in [0, 0.1) is 0 Å². The largest absolute Gasteiger partial charge is 0.377 e. The molecule has 0 unspecified atom stereocenters. The predicted octanol–water partition coefficient (Wildman–Crippen LogP) is 1.34. The van der Waals surface area contributed by atoms with Crippen LogP contribution >= 0.6 is 0 Å². The van der Waals surface area contributed by atoms with Crippen LogP contribution in [0.15, 0.2) is 0 Å². The normalized spacial score (nSPS) is 11.6. The molecule has 0 aliphatic rings. The lowest BCUT2D eigenvalue weighted by Gasteiger charge is -2.10. The predicted molar refractivity (Wildman–Crippen MR) is 61.7 cm³/mol. The number of unbranched alkanes of at least 4 members (excludes halogenated alkanes) is 1. The molecule has 0 atom stereocenters. The number of hydrogen-bond donors (Lipinski definition) is 1. The second-order valence-electron chi connectivity index (χ2n) is 4.18. The summed E-state index contributed by atoms with van der Waals surface area (Å²) in [4.78, 5) is 2.22. The van der Waals surface area contributed by atoms with E-state index in [1.54, 1.807) is 0 Å². The SMILES string of the molecule is CC(C)OCCNCCCCN(C)C. The molecule has 0 aromatic heterocycles. The van der Waals surface area contributed by atoms with Gasteiger partial charge in [0.2, 0.25) is 0 Å². The summed E-state index contributed by atoms with van der Waals surface area (Å²) in [6.07, 6.45) is 2.87. The minimum Gasteiger partial charge on any atom is -0.377 e. The molecule has 86 valence electrons. The first-order valence-corrected chi connectivity index (χ1v) is 5.60. The number of hydrogen-bond acceptors (Lipinski definition) is 3.